The number of anilines is 1. The molecule has 2 N–H and O–H groups in total. The Bertz CT molecular complexity index is 594. The van der Waals surface area contributed by atoms with E-state index in [2.05, 4.69) is 15.1 Å². The van der Waals surface area contributed by atoms with Crippen LogP contribution in [0.3, 0.4) is 0 Å². The molecule has 0 aliphatic heterocycles. The number of carbonyl (C=O) groups excluding carboxylic acids is 1. The summed E-state index contributed by atoms with van der Waals surface area (Å²) in [6.45, 7) is 4.00. The minimum Gasteiger partial charge on any atom is -0.461 e. The molecule has 2 aromatic heterocycles. The Morgan fingerprint density at radius 2 is 2.21 bits per heavy atom. The third kappa shape index (κ3) is 2.70. The van der Waals surface area contributed by atoms with E-state index in [0.717, 1.165) is 12.1 Å². The van der Waals surface area contributed by atoms with Gasteiger partial charge in [-0.2, -0.15) is 5.10 Å². The molecule has 0 fully saturated rings. The minimum absolute atomic E-state index is 0.0958. The Morgan fingerprint density at radius 1 is 1.42 bits per heavy atom. The van der Waals surface area contributed by atoms with E-state index in [1.165, 1.54) is 17.2 Å². The summed E-state index contributed by atoms with van der Waals surface area (Å²) in [4.78, 5) is 19.8. The van der Waals surface area contributed by atoms with Crippen molar-refractivity contribution in [3.63, 3.8) is 0 Å². The minimum atomic E-state index is -0.538. The quantitative estimate of drug-likeness (QED) is 0.824. The SMILES string of the molecule is CCOC(=O)c1nn(-c2cc(CC)ncn2)cc1N. The summed E-state index contributed by atoms with van der Waals surface area (Å²) in [5.41, 5.74) is 6.99. The average molecular weight is 261 g/mol. The molecule has 2 heterocycles. The lowest BCUT2D eigenvalue weighted by molar-refractivity contribution is 0.0520. The predicted molar refractivity (Wildman–Crippen MR) is 68.9 cm³/mol. The Morgan fingerprint density at radius 3 is 2.89 bits per heavy atom. The monoisotopic (exact) mass is 261 g/mol. The first-order chi connectivity index (χ1) is 9.15. The molecule has 2 aromatic rings. The largest absolute Gasteiger partial charge is 0.461 e. The van der Waals surface area contributed by atoms with Gasteiger partial charge in [-0.1, -0.05) is 6.92 Å². The maximum atomic E-state index is 11.6. The highest BCUT2D eigenvalue weighted by atomic mass is 16.5. The molecule has 0 saturated heterocycles. The van der Waals surface area contributed by atoms with E-state index in [1.54, 1.807) is 13.0 Å². The number of nitrogens with zero attached hydrogens (tertiary/aromatic N) is 4. The van der Waals surface area contributed by atoms with Gasteiger partial charge in [0.05, 0.1) is 18.5 Å². The maximum absolute atomic E-state index is 11.6. The second-order valence-electron chi connectivity index (χ2n) is 3.82. The third-order valence-corrected chi connectivity index (χ3v) is 2.52. The number of rotatable bonds is 4. The first-order valence-electron chi connectivity index (χ1n) is 5.99. The van der Waals surface area contributed by atoms with E-state index >= 15 is 0 Å². The Labute approximate surface area is 110 Å². The number of hydrogen-bond donors (Lipinski definition) is 1. The summed E-state index contributed by atoms with van der Waals surface area (Å²) in [5, 5.41) is 4.10. The number of nitrogen functional groups attached to an aromatic ring is 1. The summed E-state index contributed by atoms with van der Waals surface area (Å²) < 4.78 is 6.32. The van der Waals surface area contributed by atoms with Gasteiger partial charge in [-0.3, -0.25) is 0 Å². The normalized spacial score (nSPS) is 10.4. The van der Waals surface area contributed by atoms with Crippen molar-refractivity contribution in [2.45, 2.75) is 20.3 Å². The molecule has 0 unspecified atom stereocenters. The number of hydrogen-bond acceptors (Lipinski definition) is 6. The van der Waals surface area contributed by atoms with Crippen LogP contribution < -0.4 is 5.73 Å². The Kier molecular flexibility index (Phi) is 3.74. The van der Waals surface area contributed by atoms with Crippen LogP contribution in [-0.2, 0) is 11.2 Å². The van der Waals surface area contributed by atoms with Crippen LogP contribution in [-0.4, -0.2) is 32.3 Å². The molecule has 0 aliphatic rings. The fourth-order valence-corrected chi connectivity index (χ4v) is 1.57. The van der Waals surface area contributed by atoms with Gasteiger partial charge in [0, 0.05) is 11.8 Å². The van der Waals surface area contributed by atoms with Gasteiger partial charge in [0.25, 0.3) is 0 Å². The number of aromatic nitrogens is 4. The van der Waals surface area contributed by atoms with E-state index < -0.39 is 5.97 Å². The Balaban J connectivity index is 2.36. The van der Waals surface area contributed by atoms with Gasteiger partial charge in [-0.05, 0) is 13.3 Å². The predicted octanol–water partition coefficient (Wildman–Crippen LogP) is 0.984. The molecule has 0 bridgehead atoms. The van der Waals surface area contributed by atoms with Crippen molar-refractivity contribution in [1.29, 1.82) is 0 Å². The fourth-order valence-electron chi connectivity index (χ4n) is 1.57. The molecule has 0 aromatic carbocycles. The molecular weight excluding hydrogens is 246 g/mol. The molecule has 19 heavy (non-hydrogen) atoms. The van der Waals surface area contributed by atoms with E-state index in [4.69, 9.17) is 10.5 Å². The van der Waals surface area contributed by atoms with Gasteiger partial charge in [0.2, 0.25) is 0 Å². The first-order valence-corrected chi connectivity index (χ1v) is 5.99. The molecule has 0 atom stereocenters. The summed E-state index contributed by atoms with van der Waals surface area (Å²) in [6.07, 6.45) is 3.78. The van der Waals surface area contributed by atoms with Crippen LogP contribution in [0, 0.1) is 0 Å². The highest BCUT2D eigenvalue weighted by Gasteiger charge is 2.17. The molecule has 0 spiro atoms. The Hall–Kier alpha value is -2.44. The zero-order valence-corrected chi connectivity index (χ0v) is 10.8. The summed E-state index contributed by atoms with van der Waals surface area (Å²) in [5.74, 6) is 0.0256. The van der Waals surface area contributed by atoms with E-state index in [9.17, 15) is 4.79 Å². The van der Waals surface area contributed by atoms with Crippen LogP contribution in [0.5, 0.6) is 0 Å². The lowest BCUT2D eigenvalue weighted by atomic mass is 10.3. The van der Waals surface area contributed by atoms with Crippen LogP contribution in [0.2, 0.25) is 0 Å². The van der Waals surface area contributed by atoms with Crippen molar-refractivity contribution in [2.75, 3.05) is 12.3 Å². The molecular formula is C12H15N5O2. The van der Waals surface area contributed by atoms with Crippen molar-refractivity contribution in [3.05, 3.63) is 30.0 Å². The molecule has 0 radical (unpaired) electrons. The molecule has 0 aliphatic carbocycles. The standard InChI is InChI=1S/C12H15N5O2/c1-3-8-5-10(15-7-14-8)17-6-9(13)11(16-17)12(18)19-4-2/h5-7H,3-4,13H2,1-2H3. The van der Waals surface area contributed by atoms with Crippen LogP contribution in [0.15, 0.2) is 18.6 Å². The highest BCUT2D eigenvalue weighted by Crippen LogP contribution is 2.14. The average Bonchev–Trinajstić information content (AvgIpc) is 2.81. The van der Waals surface area contributed by atoms with Gasteiger partial charge in [-0.25, -0.2) is 19.4 Å². The maximum Gasteiger partial charge on any atom is 0.361 e. The number of aryl methyl sites for hydroxylation is 1. The van der Waals surface area contributed by atoms with Crippen LogP contribution in [0.1, 0.15) is 30.0 Å². The van der Waals surface area contributed by atoms with E-state index in [0.29, 0.717) is 5.82 Å². The fraction of sp³-hybridized carbons (Fsp3) is 0.333. The zero-order chi connectivity index (χ0) is 13.8. The number of carbonyl (C=O) groups is 1. The second-order valence-corrected chi connectivity index (χ2v) is 3.82. The topological polar surface area (TPSA) is 95.9 Å². The smallest absolute Gasteiger partial charge is 0.361 e. The number of esters is 1. The van der Waals surface area contributed by atoms with Crippen molar-refractivity contribution in [3.8, 4) is 5.82 Å². The first kappa shape index (κ1) is 13.0. The highest BCUT2D eigenvalue weighted by molar-refractivity contribution is 5.92. The summed E-state index contributed by atoms with van der Waals surface area (Å²) in [7, 11) is 0. The molecule has 0 amide bonds. The van der Waals surface area contributed by atoms with Gasteiger partial charge in [0.1, 0.15) is 6.33 Å². The van der Waals surface area contributed by atoms with Crippen LogP contribution in [0.25, 0.3) is 5.82 Å². The van der Waals surface area contributed by atoms with Crippen LogP contribution >= 0.6 is 0 Å². The summed E-state index contributed by atoms with van der Waals surface area (Å²) in [6, 6.07) is 1.79. The van der Waals surface area contributed by atoms with Crippen molar-refractivity contribution < 1.29 is 9.53 Å². The lowest BCUT2D eigenvalue weighted by Gasteiger charge is -2.01. The number of ether oxygens (including phenoxy) is 1. The van der Waals surface area contributed by atoms with E-state index in [1.807, 2.05) is 6.92 Å². The number of nitrogens with two attached hydrogens (primary N) is 1. The summed E-state index contributed by atoms with van der Waals surface area (Å²) >= 11 is 0. The molecule has 7 heteroatoms. The molecule has 0 saturated carbocycles. The third-order valence-electron chi connectivity index (χ3n) is 2.52. The van der Waals surface area contributed by atoms with Crippen molar-refractivity contribution in [2.24, 2.45) is 0 Å². The lowest BCUT2D eigenvalue weighted by Crippen LogP contribution is -2.09. The molecule has 2 rings (SSSR count). The molecule has 100 valence electrons. The van der Waals surface area contributed by atoms with Gasteiger partial charge in [0.15, 0.2) is 11.5 Å². The van der Waals surface area contributed by atoms with Crippen molar-refractivity contribution >= 4 is 11.7 Å². The van der Waals surface area contributed by atoms with Crippen LogP contribution in [0.4, 0.5) is 5.69 Å². The van der Waals surface area contributed by atoms with Gasteiger partial charge in [-0.15, -0.1) is 0 Å². The zero-order valence-electron chi connectivity index (χ0n) is 10.8. The van der Waals surface area contributed by atoms with E-state index in [-0.39, 0.29) is 18.0 Å². The van der Waals surface area contributed by atoms with Gasteiger partial charge >= 0.3 is 5.97 Å². The second kappa shape index (κ2) is 5.47. The molecule has 7 nitrogen and oxygen atoms in total. The van der Waals surface area contributed by atoms with Gasteiger partial charge < -0.3 is 10.5 Å². The van der Waals surface area contributed by atoms with Crippen molar-refractivity contribution in [1.82, 2.24) is 19.7 Å².